The molecule has 0 heterocycles. The van der Waals surface area contributed by atoms with Gasteiger partial charge in [-0.05, 0) is 25.8 Å². The number of rotatable bonds is 10. The van der Waals surface area contributed by atoms with Gasteiger partial charge in [0.15, 0.2) is 0 Å². The van der Waals surface area contributed by atoms with Crippen molar-refractivity contribution in [3.8, 4) is 0 Å². The van der Waals surface area contributed by atoms with Crippen molar-refractivity contribution in [2.24, 2.45) is 0 Å². The highest BCUT2D eigenvalue weighted by molar-refractivity contribution is 5.77. The van der Waals surface area contributed by atoms with E-state index in [0.717, 1.165) is 45.1 Å². The fourth-order valence-corrected chi connectivity index (χ4v) is 1.93. The average Bonchev–Trinajstić information content (AvgIpc) is 3.14. The zero-order valence-corrected chi connectivity index (χ0v) is 11.3. The second-order valence-corrected chi connectivity index (χ2v) is 4.74. The number of carbonyl (C=O) groups excluding carboxylic acids is 1. The lowest BCUT2D eigenvalue weighted by Crippen LogP contribution is -2.39. The van der Waals surface area contributed by atoms with E-state index in [9.17, 15) is 4.79 Å². The van der Waals surface area contributed by atoms with E-state index >= 15 is 0 Å². The quantitative estimate of drug-likeness (QED) is 0.560. The Labute approximate surface area is 105 Å². The Kier molecular flexibility index (Phi) is 7.21. The summed E-state index contributed by atoms with van der Waals surface area (Å²) in [7, 11) is 0. The lowest BCUT2D eigenvalue weighted by atomic mass is 10.3. The molecule has 0 saturated heterocycles. The summed E-state index contributed by atoms with van der Waals surface area (Å²) in [6.07, 6.45) is 4.90. The molecule has 1 aliphatic rings. The van der Waals surface area contributed by atoms with E-state index < -0.39 is 0 Å². The molecular weight excluding hydrogens is 214 g/mol. The Bertz CT molecular complexity index is 217. The second-order valence-electron chi connectivity index (χ2n) is 4.74. The van der Waals surface area contributed by atoms with E-state index in [4.69, 9.17) is 0 Å². The van der Waals surface area contributed by atoms with Gasteiger partial charge in [-0.2, -0.15) is 0 Å². The van der Waals surface area contributed by atoms with Gasteiger partial charge in [0.05, 0.1) is 6.54 Å². The smallest absolute Gasteiger partial charge is 0.233 e. The van der Waals surface area contributed by atoms with Gasteiger partial charge in [-0.1, -0.05) is 20.3 Å². The molecule has 100 valence electrons. The van der Waals surface area contributed by atoms with Crippen LogP contribution in [0.3, 0.4) is 0 Å². The normalized spacial score (nSPS) is 15.2. The number of hydrogen-bond donors (Lipinski definition) is 2. The van der Waals surface area contributed by atoms with Crippen LogP contribution in [0, 0.1) is 0 Å². The summed E-state index contributed by atoms with van der Waals surface area (Å²) >= 11 is 0. The number of nitrogens with zero attached hydrogens (tertiary/aromatic N) is 1. The van der Waals surface area contributed by atoms with E-state index in [1.807, 2.05) is 0 Å². The molecule has 0 unspecified atom stereocenters. The van der Waals surface area contributed by atoms with Gasteiger partial charge in [0.2, 0.25) is 5.91 Å². The zero-order valence-electron chi connectivity index (χ0n) is 11.3. The van der Waals surface area contributed by atoms with Gasteiger partial charge in [0.25, 0.3) is 0 Å². The lowest BCUT2D eigenvalue weighted by molar-refractivity contribution is -0.120. The Morgan fingerprint density at radius 1 is 1.29 bits per heavy atom. The lowest BCUT2D eigenvalue weighted by Gasteiger charge is -2.19. The molecule has 0 atom stereocenters. The van der Waals surface area contributed by atoms with Gasteiger partial charge >= 0.3 is 0 Å². The summed E-state index contributed by atoms with van der Waals surface area (Å²) in [5.41, 5.74) is 0. The van der Waals surface area contributed by atoms with E-state index in [-0.39, 0.29) is 5.91 Å². The van der Waals surface area contributed by atoms with Crippen molar-refractivity contribution in [1.29, 1.82) is 0 Å². The highest BCUT2D eigenvalue weighted by atomic mass is 16.1. The predicted molar refractivity (Wildman–Crippen MR) is 71.1 cm³/mol. The average molecular weight is 241 g/mol. The van der Waals surface area contributed by atoms with Gasteiger partial charge in [-0.3, -0.25) is 9.69 Å². The van der Waals surface area contributed by atoms with Crippen LogP contribution in [0.2, 0.25) is 0 Å². The number of likely N-dealkylation sites (N-methyl/N-ethyl adjacent to an activating group) is 1. The van der Waals surface area contributed by atoms with Crippen LogP contribution in [-0.4, -0.2) is 49.6 Å². The number of carbonyl (C=O) groups is 1. The van der Waals surface area contributed by atoms with Gasteiger partial charge in [-0.15, -0.1) is 0 Å². The van der Waals surface area contributed by atoms with Crippen LogP contribution in [-0.2, 0) is 4.79 Å². The van der Waals surface area contributed by atoms with Crippen LogP contribution in [0.4, 0.5) is 0 Å². The molecule has 2 N–H and O–H groups in total. The molecule has 0 radical (unpaired) electrons. The molecule has 4 heteroatoms. The maximum atomic E-state index is 11.4. The summed E-state index contributed by atoms with van der Waals surface area (Å²) in [6.45, 7) is 8.67. The molecule has 1 aliphatic carbocycles. The van der Waals surface area contributed by atoms with Crippen molar-refractivity contribution in [2.45, 2.75) is 45.6 Å². The molecule has 0 bridgehead atoms. The number of nitrogens with one attached hydrogen (secondary N) is 2. The van der Waals surface area contributed by atoms with E-state index in [1.165, 1.54) is 12.8 Å². The Morgan fingerprint density at radius 3 is 2.65 bits per heavy atom. The third-order valence-corrected chi connectivity index (χ3v) is 3.18. The fraction of sp³-hybridized carbons (Fsp3) is 0.923. The van der Waals surface area contributed by atoms with Crippen molar-refractivity contribution >= 4 is 5.91 Å². The highest BCUT2D eigenvalue weighted by Gasteiger charge is 2.26. The maximum absolute atomic E-state index is 11.4. The molecule has 0 aromatic heterocycles. The molecule has 1 fully saturated rings. The summed E-state index contributed by atoms with van der Waals surface area (Å²) in [6, 6.07) is 0.820. The summed E-state index contributed by atoms with van der Waals surface area (Å²) in [5.74, 6) is 0.118. The van der Waals surface area contributed by atoms with Crippen LogP contribution in [0.1, 0.15) is 39.5 Å². The third-order valence-electron chi connectivity index (χ3n) is 3.18. The highest BCUT2D eigenvalue weighted by Crippen LogP contribution is 2.25. The molecule has 0 aliphatic heterocycles. The van der Waals surface area contributed by atoms with E-state index in [1.54, 1.807) is 0 Å². The van der Waals surface area contributed by atoms with Crippen LogP contribution in [0.15, 0.2) is 0 Å². The molecule has 17 heavy (non-hydrogen) atoms. The van der Waals surface area contributed by atoms with Gasteiger partial charge in [0.1, 0.15) is 0 Å². The molecule has 4 nitrogen and oxygen atoms in total. The topological polar surface area (TPSA) is 44.4 Å². The SMILES string of the molecule is CCCCNC(=O)CNCCN(CC)C1CC1. The minimum Gasteiger partial charge on any atom is -0.355 e. The first-order valence-corrected chi connectivity index (χ1v) is 6.99. The minimum absolute atomic E-state index is 0.118. The molecule has 1 saturated carbocycles. The predicted octanol–water partition coefficient (Wildman–Crippen LogP) is 0.977. The molecule has 1 rings (SSSR count). The molecular formula is C13H27N3O. The van der Waals surface area contributed by atoms with Crippen LogP contribution >= 0.6 is 0 Å². The van der Waals surface area contributed by atoms with Gasteiger partial charge < -0.3 is 10.6 Å². The molecule has 0 spiro atoms. The summed E-state index contributed by atoms with van der Waals surface area (Å²) in [5, 5.41) is 6.11. The summed E-state index contributed by atoms with van der Waals surface area (Å²) < 4.78 is 0. The van der Waals surface area contributed by atoms with Crippen LogP contribution in [0.25, 0.3) is 0 Å². The van der Waals surface area contributed by atoms with Gasteiger partial charge in [-0.25, -0.2) is 0 Å². The molecule has 1 amide bonds. The monoisotopic (exact) mass is 241 g/mol. The Morgan fingerprint density at radius 2 is 2.06 bits per heavy atom. The van der Waals surface area contributed by atoms with E-state index in [0.29, 0.717) is 6.54 Å². The number of amides is 1. The van der Waals surface area contributed by atoms with Gasteiger partial charge in [0, 0.05) is 25.7 Å². The largest absolute Gasteiger partial charge is 0.355 e. The van der Waals surface area contributed by atoms with Crippen LogP contribution in [0.5, 0.6) is 0 Å². The van der Waals surface area contributed by atoms with E-state index in [2.05, 4.69) is 29.4 Å². The number of unbranched alkanes of at least 4 members (excludes halogenated alkanes) is 1. The van der Waals surface area contributed by atoms with Crippen molar-refractivity contribution in [2.75, 3.05) is 32.7 Å². The summed E-state index contributed by atoms with van der Waals surface area (Å²) in [4.78, 5) is 13.9. The second kappa shape index (κ2) is 8.48. The Hall–Kier alpha value is -0.610. The van der Waals surface area contributed by atoms with Crippen molar-refractivity contribution < 1.29 is 4.79 Å². The Balaban J connectivity index is 1.93. The van der Waals surface area contributed by atoms with Crippen LogP contribution < -0.4 is 10.6 Å². The fourth-order valence-electron chi connectivity index (χ4n) is 1.93. The molecule has 0 aromatic rings. The molecule has 0 aromatic carbocycles. The zero-order chi connectivity index (χ0) is 12.5. The first kappa shape index (κ1) is 14.5. The standard InChI is InChI=1S/C13H27N3O/c1-3-5-8-15-13(17)11-14-9-10-16(4-2)12-6-7-12/h12,14H,3-11H2,1-2H3,(H,15,17). The van der Waals surface area contributed by atoms with Crippen molar-refractivity contribution in [1.82, 2.24) is 15.5 Å². The van der Waals surface area contributed by atoms with Crippen molar-refractivity contribution in [3.05, 3.63) is 0 Å². The maximum Gasteiger partial charge on any atom is 0.233 e. The minimum atomic E-state index is 0.118. The first-order chi connectivity index (χ1) is 8.27. The number of hydrogen-bond acceptors (Lipinski definition) is 3. The third kappa shape index (κ3) is 6.64. The van der Waals surface area contributed by atoms with Crippen molar-refractivity contribution in [3.63, 3.8) is 0 Å². The first-order valence-electron chi connectivity index (χ1n) is 6.99.